The molecule has 0 bridgehead atoms. The lowest BCUT2D eigenvalue weighted by atomic mass is 9.81. The zero-order chi connectivity index (χ0) is 30.6. The van der Waals surface area contributed by atoms with Crippen LogP contribution in [0.5, 0.6) is 0 Å². The minimum Gasteiger partial charge on any atom is -0.465 e. The summed E-state index contributed by atoms with van der Waals surface area (Å²) < 4.78 is 25.3. The van der Waals surface area contributed by atoms with Gasteiger partial charge >= 0.3 is 35.8 Å². The molecule has 0 aromatic carbocycles. The Bertz CT molecular complexity index is 961. The van der Waals surface area contributed by atoms with Crippen molar-refractivity contribution in [2.45, 2.75) is 103 Å². The highest BCUT2D eigenvalue weighted by Gasteiger charge is 2.57. The van der Waals surface area contributed by atoms with Gasteiger partial charge in [0.25, 0.3) is 0 Å². The van der Waals surface area contributed by atoms with E-state index in [0.717, 1.165) is 6.92 Å². The summed E-state index contributed by atoms with van der Waals surface area (Å²) in [6, 6.07) is 0. The lowest BCUT2D eigenvalue weighted by Gasteiger charge is -2.33. The van der Waals surface area contributed by atoms with E-state index in [2.05, 4.69) is 0 Å². The van der Waals surface area contributed by atoms with Crippen LogP contribution in [0.1, 0.15) is 85.5 Å². The number of ether oxygens (including phenoxy) is 5. The van der Waals surface area contributed by atoms with Crippen molar-refractivity contribution in [1.82, 2.24) is 0 Å². The Morgan fingerprint density at radius 2 is 1.62 bits per heavy atom. The van der Waals surface area contributed by atoms with Crippen LogP contribution in [-0.4, -0.2) is 82.5 Å². The summed E-state index contributed by atoms with van der Waals surface area (Å²) in [4.78, 5) is 87.3. The number of rotatable bonds is 17. The fourth-order valence-corrected chi connectivity index (χ4v) is 3.83. The van der Waals surface area contributed by atoms with Gasteiger partial charge in [0.15, 0.2) is 17.1 Å². The van der Waals surface area contributed by atoms with Gasteiger partial charge in [-0.25, -0.2) is 9.59 Å². The molecule has 1 fully saturated rings. The van der Waals surface area contributed by atoms with Crippen molar-refractivity contribution in [3.63, 3.8) is 0 Å². The van der Waals surface area contributed by atoms with Crippen molar-refractivity contribution in [2.24, 2.45) is 5.92 Å². The second-order valence-corrected chi connectivity index (χ2v) is 9.51. The van der Waals surface area contributed by atoms with Crippen LogP contribution in [0.2, 0.25) is 0 Å². The standard InChI is InChI=1S/C26H38O14/c1-5-8-13-36-21(31)20(17(4)28)25(35,23(33)37-14-9-6-2)16-19(30)39-26(10-7-3)38-18(29)15-24(34,11-12-27)22(32)40-26/h12,20,34-35H,5-11,13-16H2,1-4H3. The predicted octanol–water partition coefficient (Wildman–Crippen LogP) is 0.807. The first-order valence-corrected chi connectivity index (χ1v) is 13.1. The Kier molecular flexibility index (Phi) is 13.3. The molecule has 226 valence electrons. The van der Waals surface area contributed by atoms with Crippen LogP contribution >= 0.6 is 0 Å². The van der Waals surface area contributed by atoms with Crippen molar-refractivity contribution >= 4 is 41.9 Å². The molecule has 4 atom stereocenters. The van der Waals surface area contributed by atoms with Gasteiger partial charge in [-0.3, -0.25) is 19.2 Å². The van der Waals surface area contributed by atoms with Gasteiger partial charge in [0.2, 0.25) is 0 Å². The van der Waals surface area contributed by atoms with Gasteiger partial charge in [-0.15, -0.1) is 0 Å². The molecule has 0 saturated carbocycles. The third-order valence-electron chi connectivity index (χ3n) is 5.94. The van der Waals surface area contributed by atoms with Crippen LogP contribution in [-0.2, 0) is 57.2 Å². The highest BCUT2D eigenvalue weighted by atomic mass is 16.9. The van der Waals surface area contributed by atoms with Crippen molar-refractivity contribution in [3.05, 3.63) is 0 Å². The molecule has 1 rings (SSSR count). The number of Topliss-reactive ketones (excluding diaryl/α,β-unsaturated/α-hetero) is 1. The molecule has 0 radical (unpaired) electrons. The van der Waals surface area contributed by atoms with E-state index < -0.39 is 84.4 Å². The van der Waals surface area contributed by atoms with Crippen LogP contribution < -0.4 is 0 Å². The van der Waals surface area contributed by atoms with E-state index >= 15 is 0 Å². The number of carbonyl (C=O) groups excluding carboxylic acids is 7. The molecule has 0 aliphatic carbocycles. The molecular weight excluding hydrogens is 536 g/mol. The van der Waals surface area contributed by atoms with Gasteiger partial charge in [-0.1, -0.05) is 33.6 Å². The minimum absolute atomic E-state index is 0.0864. The van der Waals surface area contributed by atoms with Crippen molar-refractivity contribution in [1.29, 1.82) is 0 Å². The lowest BCUT2D eigenvalue weighted by Crippen LogP contribution is -2.56. The number of unbranched alkanes of at least 4 members (excludes halogenated alkanes) is 2. The van der Waals surface area contributed by atoms with Crippen LogP contribution in [0.4, 0.5) is 0 Å². The quantitative estimate of drug-likeness (QED) is 0.0810. The van der Waals surface area contributed by atoms with E-state index in [1.807, 2.05) is 6.92 Å². The number of aliphatic hydroxyl groups is 2. The van der Waals surface area contributed by atoms with E-state index in [1.54, 1.807) is 13.8 Å². The van der Waals surface area contributed by atoms with Crippen LogP contribution in [0, 0.1) is 5.92 Å². The first-order valence-electron chi connectivity index (χ1n) is 13.1. The SMILES string of the molecule is CCCCOC(=O)C(C(C)=O)C(O)(CC(=O)OC1(CCC)OC(=O)CC(O)(CC=O)C(=O)O1)C(=O)OCCCC. The number of aldehydes is 1. The third-order valence-corrected chi connectivity index (χ3v) is 5.94. The number of esters is 5. The summed E-state index contributed by atoms with van der Waals surface area (Å²) in [5, 5.41) is 21.8. The average molecular weight is 575 g/mol. The Balaban J connectivity index is 3.41. The fraction of sp³-hybridized carbons (Fsp3) is 0.731. The van der Waals surface area contributed by atoms with Gasteiger partial charge in [-0.05, 0) is 26.2 Å². The molecule has 0 spiro atoms. The zero-order valence-corrected chi connectivity index (χ0v) is 23.2. The van der Waals surface area contributed by atoms with E-state index in [0.29, 0.717) is 25.7 Å². The largest absolute Gasteiger partial charge is 0.465 e. The van der Waals surface area contributed by atoms with Crippen molar-refractivity contribution < 1.29 is 67.5 Å². The van der Waals surface area contributed by atoms with E-state index in [1.165, 1.54) is 0 Å². The van der Waals surface area contributed by atoms with Crippen molar-refractivity contribution in [2.75, 3.05) is 13.2 Å². The molecule has 0 aromatic heterocycles. The number of hydrogen-bond acceptors (Lipinski definition) is 14. The normalized spacial score (nSPS) is 22.9. The van der Waals surface area contributed by atoms with Crippen LogP contribution in [0.3, 0.4) is 0 Å². The highest BCUT2D eigenvalue weighted by molar-refractivity contribution is 6.05. The molecule has 4 unspecified atom stereocenters. The van der Waals surface area contributed by atoms with Gasteiger partial charge in [0.1, 0.15) is 12.1 Å². The maximum Gasteiger partial charge on any atom is 0.423 e. The molecule has 40 heavy (non-hydrogen) atoms. The third kappa shape index (κ3) is 9.08. The van der Waals surface area contributed by atoms with Crippen molar-refractivity contribution in [3.8, 4) is 0 Å². The van der Waals surface area contributed by atoms with Crippen LogP contribution in [0.25, 0.3) is 0 Å². The van der Waals surface area contributed by atoms with Crippen LogP contribution in [0.15, 0.2) is 0 Å². The van der Waals surface area contributed by atoms with Gasteiger partial charge in [0, 0.05) is 6.42 Å². The predicted molar refractivity (Wildman–Crippen MR) is 132 cm³/mol. The molecule has 0 aromatic rings. The summed E-state index contributed by atoms with van der Waals surface area (Å²) in [6.07, 6.45) is -1.34. The number of hydrogen-bond donors (Lipinski definition) is 2. The molecular formula is C26H38O14. The van der Waals surface area contributed by atoms with Gasteiger partial charge in [-0.2, -0.15) is 0 Å². The summed E-state index contributed by atoms with van der Waals surface area (Å²) in [6.45, 7) is 5.72. The molecule has 14 heteroatoms. The summed E-state index contributed by atoms with van der Waals surface area (Å²) in [5.74, 6) is -13.0. The summed E-state index contributed by atoms with van der Waals surface area (Å²) in [7, 11) is 0. The summed E-state index contributed by atoms with van der Waals surface area (Å²) >= 11 is 0. The first-order chi connectivity index (χ1) is 18.7. The monoisotopic (exact) mass is 574 g/mol. The summed E-state index contributed by atoms with van der Waals surface area (Å²) in [5.41, 5.74) is -5.70. The molecule has 14 nitrogen and oxygen atoms in total. The number of ketones is 1. The zero-order valence-electron chi connectivity index (χ0n) is 23.2. The molecule has 1 aliphatic rings. The molecule has 1 saturated heterocycles. The first kappa shape index (κ1) is 34.6. The molecule has 2 N–H and O–H groups in total. The topological polar surface area (TPSA) is 206 Å². The molecule has 1 heterocycles. The van der Waals surface area contributed by atoms with Gasteiger partial charge < -0.3 is 38.7 Å². The lowest BCUT2D eigenvalue weighted by molar-refractivity contribution is -0.331. The van der Waals surface area contributed by atoms with E-state index in [4.69, 9.17) is 23.7 Å². The second kappa shape index (κ2) is 15.4. The minimum atomic E-state index is -3.11. The average Bonchev–Trinajstić information content (AvgIpc) is 2.92. The number of carbonyl (C=O) groups is 7. The maximum atomic E-state index is 13.1. The highest BCUT2D eigenvalue weighted by Crippen LogP contribution is 2.34. The van der Waals surface area contributed by atoms with Gasteiger partial charge in [0.05, 0.1) is 32.5 Å². The molecule has 0 amide bonds. The smallest absolute Gasteiger partial charge is 0.423 e. The maximum absolute atomic E-state index is 13.1. The Morgan fingerprint density at radius 1 is 1.02 bits per heavy atom. The Hall–Kier alpha value is -3.39. The fourth-order valence-electron chi connectivity index (χ4n) is 3.83. The molecule has 1 aliphatic heterocycles. The Labute approximate surface area is 231 Å². The Morgan fingerprint density at radius 3 is 2.15 bits per heavy atom. The van der Waals surface area contributed by atoms with E-state index in [9.17, 15) is 43.8 Å². The number of cyclic esters (lactones) is 2. The second-order valence-electron chi connectivity index (χ2n) is 9.51. The van der Waals surface area contributed by atoms with E-state index in [-0.39, 0.29) is 25.9 Å².